The predicted molar refractivity (Wildman–Crippen MR) is 72.3 cm³/mol. The third-order valence-electron chi connectivity index (χ3n) is 2.40. The molecule has 1 aromatic carbocycles. The Morgan fingerprint density at radius 1 is 1.33 bits per heavy atom. The SMILES string of the molecule is CC(C)(C)Cc1noc(-c2ccc(Cl)c(N)c2)n1. The monoisotopic (exact) mass is 265 g/mol. The van der Waals surface area contributed by atoms with Gasteiger partial charge in [-0.15, -0.1) is 0 Å². The lowest BCUT2D eigenvalue weighted by molar-refractivity contribution is 0.374. The number of nitrogen functional groups attached to an aromatic ring is 1. The number of rotatable bonds is 2. The molecule has 1 aromatic heterocycles. The molecule has 0 unspecified atom stereocenters. The molecule has 4 nitrogen and oxygen atoms in total. The highest BCUT2D eigenvalue weighted by Gasteiger charge is 2.17. The standard InChI is InChI=1S/C13H16ClN3O/c1-13(2,3)7-11-16-12(18-17-11)8-4-5-9(14)10(15)6-8/h4-6H,7,15H2,1-3H3. The van der Waals surface area contributed by atoms with Crippen LogP contribution in [0.15, 0.2) is 22.7 Å². The number of halogens is 1. The van der Waals surface area contributed by atoms with Crippen LogP contribution in [0.4, 0.5) is 5.69 Å². The van der Waals surface area contributed by atoms with E-state index in [1.54, 1.807) is 12.1 Å². The van der Waals surface area contributed by atoms with Crippen molar-refractivity contribution in [1.82, 2.24) is 10.1 Å². The Morgan fingerprint density at radius 3 is 2.67 bits per heavy atom. The van der Waals surface area contributed by atoms with E-state index in [4.69, 9.17) is 21.9 Å². The summed E-state index contributed by atoms with van der Waals surface area (Å²) in [5.41, 5.74) is 7.16. The highest BCUT2D eigenvalue weighted by Crippen LogP contribution is 2.26. The summed E-state index contributed by atoms with van der Waals surface area (Å²) >= 11 is 5.87. The quantitative estimate of drug-likeness (QED) is 0.843. The van der Waals surface area contributed by atoms with Crippen molar-refractivity contribution in [3.63, 3.8) is 0 Å². The molecule has 0 aliphatic carbocycles. The van der Waals surface area contributed by atoms with E-state index >= 15 is 0 Å². The van der Waals surface area contributed by atoms with Crippen LogP contribution in [0, 0.1) is 5.41 Å². The second-order valence-electron chi connectivity index (χ2n) is 5.49. The molecule has 2 aromatic rings. The zero-order chi connectivity index (χ0) is 13.3. The number of benzene rings is 1. The Morgan fingerprint density at radius 2 is 2.06 bits per heavy atom. The molecule has 1 heterocycles. The van der Waals surface area contributed by atoms with Crippen LogP contribution in [-0.2, 0) is 6.42 Å². The van der Waals surface area contributed by atoms with Gasteiger partial charge < -0.3 is 10.3 Å². The number of anilines is 1. The molecule has 0 atom stereocenters. The van der Waals surface area contributed by atoms with Gasteiger partial charge in [-0.1, -0.05) is 37.5 Å². The molecule has 0 aliphatic rings. The highest BCUT2D eigenvalue weighted by atomic mass is 35.5. The van der Waals surface area contributed by atoms with Gasteiger partial charge in [0.2, 0.25) is 0 Å². The van der Waals surface area contributed by atoms with E-state index in [9.17, 15) is 0 Å². The van der Waals surface area contributed by atoms with Crippen LogP contribution in [-0.4, -0.2) is 10.1 Å². The fourth-order valence-corrected chi connectivity index (χ4v) is 1.71. The predicted octanol–water partition coefficient (Wildman–Crippen LogP) is 3.56. The minimum Gasteiger partial charge on any atom is -0.398 e. The van der Waals surface area contributed by atoms with Crippen LogP contribution >= 0.6 is 11.6 Å². The van der Waals surface area contributed by atoms with Gasteiger partial charge in [-0.25, -0.2) is 0 Å². The van der Waals surface area contributed by atoms with Gasteiger partial charge in [-0.3, -0.25) is 0 Å². The summed E-state index contributed by atoms with van der Waals surface area (Å²) in [6.45, 7) is 6.38. The van der Waals surface area contributed by atoms with Gasteiger partial charge in [-0.05, 0) is 23.6 Å². The molecule has 0 amide bonds. The zero-order valence-electron chi connectivity index (χ0n) is 10.7. The molecular weight excluding hydrogens is 250 g/mol. The largest absolute Gasteiger partial charge is 0.398 e. The number of hydrogen-bond donors (Lipinski definition) is 1. The van der Waals surface area contributed by atoms with Gasteiger partial charge >= 0.3 is 0 Å². The van der Waals surface area contributed by atoms with Gasteiger partial charge in [-0.2, -0.15) is 4.98 Å². The van der Waals surface area contributed by atoms with Crippen molar-refractivity contribution in [2.24, 2.45) is 5.41 Å². The maximum Gasteiger partial charge on any atom is 0.257 e. The Bertz CT molecular complexity index is 558. The first kappa shape index (κ1) is 12.9. The first-order valence-electron chi connectivity index (χ1n) is 5.73. The van der Waals surface area contributed by atoms with E-state index in [0.29, 0.717) is 22.4 Å². The van der Waals surface area contributed by atoms with E-state index in [1.165, 1.54) is 0 Å². The number of nitrogens with two attached hydrogens (primary N) is 1. The second kappa shape index (κ2) is 4.61. The highest BCUT2D eigenvalue weighted by molar-refractivity contribution is 6.33. The van der Waals surface area contributed by atoms with Crippen LogP contribution in [0.2, 0.25) is 5.02 Å². The maximum absolute atomic E-state index is 5.87. The molecule has 0 saturated carbocycles. The van der Waals surface area contributed by atoms with E-state index in [0.717, 1.165) is 12.0 Å². The number of aromatic nitrogens is 2. The van der Waals surface area contributed by atoms with Crippen LogP contribution in [0.5, 0.6) is 0 Å². The van der Waals surface area contributed by atoms with Crippen molar-refractivity contribution in [3.8, 4) is 11.5 Å². The molecule has 0 saturated heterocycles. The molecule has 2 rings (SSSR count). The van der Waals surface area contributed by atoms with Crippen LogP contribution in [0.3, 0.4) is 0 Å². The summed E-state index contributed by atoms with van der Waals surface area (Å²) in [7, 11) is 0. The minimum absolute atomic E-state index is 0.125. The van der Waals surface area contributed by atoms with Gasteiger partial charge in [0.25, 0.3) is 5.89 Å². The first-order valence-corrected chi connectivity index (χ1v) is 6.11. The van der Waals surface area contributed by atoms with Crippen molar-refractivity contribution in [2.45, 2.75) is 27.2 Å². The molecular formula is C13H16ClN3O. The summed E-state index contributed by atoms with van der Waals surface area (Å²) in [6.07, 6.45) is 0.763. The Balaban J connectivity index is 2.26. The van der Waals surface area contributed by atoms with E-state index in [1.807, 2.05) is 6.07 Å². The fraction of sp³-hybridized carbons (Fsp3) is 0.385. The summed E-state index contributed by atoms with van der Waals surface area (Å²) < 4.78 is 5.23. The first-order chi connectivity index (χ1) is 8.35. The van der Waals surface area contributed by atoms with E-state index in [2.05, 4.69) is 30.9 Å². The van der Waals surface area contributed by atoms with Gasteiger partial charge in [0.1, 0.15) is 0 Å². The van der Waals surface area contributed by atoms with Crippen molar-refractivity contribution in [1.29, 1.82) is 0 Å². The number of hydrogen-bond acceptors (Lipinski definition) is 4. The van der Waals surface area contributed by atoms with Crippen molar-refractivity contribution in [2.75, 3.05) is 5.73 Å². The Hall–Kier alpha value is -1.55. The van der Waals surface area contributed by atoms with Gasteiger partial charge in [0, 0.05) is 12.0 Å². The zero-order valence-corrected chi connectivity index (χ0v) is 11.5. The van der Waals surface area contributed by atoms with Crippen LogP contribution in [0.25, 0.3) is 11.5 Å². The molecule has 0 spiro atoms. The normalized spacial score (nSPS) is 11.8. The lowest BCUT2D eigenvalue weighted by atomic mass is 9.92. The lowest BCUT2D eigenvalue weighted by Gasteiger charge is -2.14. The minimum atomic E-state index is 0.125. The third-order valence-corrected chi connectivity index (χ3v) is 2.74. The van der Waals surface area contributed by atoms with Crippen LogP contribution < -0.4 is 5.73 Å². The molecule has 18 heavy (non-hydrogen) atoms. The topological polar surface area (TPSA) is 64.9 Å². The molecule has 0 fully saturated rings. The van der Waals surface area contributed by atoms with Crippen molar-refractivity contribution >= 4 is 17.3 Å². The molecule has 0 bridgehead atoms. The second-order valence-corrected chi connectivity index (χ2v) is 5.90. The lowest BCUT2D eigenvalue weighted by Crippen LogP contribution is -2.10. The molecule has 96 valence electrons. The number of nitrogens with zero attached hydrogens (tertiary/aromatic N) is 2. The Labute approximate surface area is 111 Å². The summed E-state index contributed by atoms with van der Waals surface area (Å²) in [5, 5.41) is 4.49. The fourth-order valence-electron chi connectivity index (χ4n) is 1.59. The molecule has 0 aliphatic heterocycles. The van der Waals surface area contributed by atoms with Gasteiger partial charge in [0.05, 0.1) is 10.7 Å². The van der Waals surface area contributed by atoms with Crippen molar-refractivity contribution < 1.29 is 4.52 Å². The molecule has 2 N–H and O–H groups in total. The average Bonchev–Trinajstić information content (AvgIpc) is 2.68. The maximum atomic E-state index is 5.87. The smallest absolute Gasteiger partial charge is 0.257 e. The summed E-state index contributed by atoms with van der Waals surface area (Å²) in [6, 6.07) is 5.27. The van der Waals surface area contributed by atoms with E-state index in [-0.39, 0.29) is 5.41 Å². The molecule has 0 radical (unpaired) electrons. The van der Waals surface area contributed by atoms with Crippen LogP contribution in [0.1, 0.15) is 26.6 Å². The van der Waals surface area contributed by atoms with E-state index < -0.39 is 0 Å². The van der Waals surface area contributed by atoms with Gasteiger partial charge in [0.15, 0.2) is 5.82 Å². The summed E-state index contributed by atoms with van der Waals surface area (Å²) in [4.78, 5) is 4.36. The molecule has 5 heteroatoms. The summed E-state index contributed by atoms with van der Waals surface area (Å²) in [5.74, 6) is 1.17. The average molecular weight is 266 g/mol. The van der Waals surface area contributed by atoms with Crippen molar-refractivity contribution in [3.05, 3.63) is 29.0 Å². The third kappa shape index (κ3) is 3.01. The Kier molecular flexibility index (Phi) is 3.30.